The Morgan fingerprint density at radius 3 is 2.53 bits per heavy atom. The van der Waals surface area contributed by atoms with E-state index in [1.54, 1.807) is 0 Å². The van der Waals surface area contributed by atoms with Crippen molar-refractivity contribution in [2.24, 2.45) is 5.73 Å². The van der Waals surface area contributed by atoms with Crippen molar-refractivity contribution in [3.05, 3.63) is 12.7 Å². The SMILES string of the molecule is C=CCCCCCC(=O)C(N)CCS(C)(=O)=O. The molecule has 0 aromatic carbocycles. The van der Waals surface area contributed by atoms with Crippen LogP contribution in [-0.2, 0) is 14.6 Å². The van der Waals surface area contributed by atoms with Gasteiger partial charge in [-0.25, -0.2) is 8.42 Å². The maximum Gasteiger partial charge on any atom is 0.149 e. The minimum Gasteiger partial charge on any atom is -0.321 e. The number of carbonyl (C=O) groups is 1. The van der Waals surface area contributed by atoms with E-state index in [-0.39, 0.29) is 18.0 Å². The summed E-state index contributed by atoms with van der Waals surface area (Å²) in [6, 6.07) is -0.635. The van der Waals surface area contributed by atoms with Crippen LogP contribution in [0.3, 0.4) is 0 Å². The van der Waals surface area contributed by atoms with Crippen molar-refractivity contribution in [3.8, 4) is 0 Å². The Morgan fingerprint density at radius 2 is 2.00 bits per heavy atom. The fourth-order valence-corrected chi connectivity index (χ4v) is 2.13. The normalized spacial score (nSPS) is 13.3. The second kappa shape index (κ2) is 8.42. The molecule has 0 aromatic heterocycles. The minimum absolute atomic E-state index is 0.0175. The van der Waals surface area contributed by atoms with E-state index in [4.69, 9.17) is 5.73 Å². The summed E-state index contributed by atoms with van der Waals surface area (Å²) >= 11 is 0. The molecule has 0 aromatic rings. The number of allylic oxidation sites excluding steroid dienone is 1. The van der Waals surface area contributed by atoms with Gasteiger partial charge in [-0.2, -0.15) is 0 Å². The highest BCUT2D eigenvalue weighted by molar-refractivity contribution is 7.90. The Labute approximate surface area is 104 Å². The smallest absolute Gasteiger partial charge is 0.149 e. The molecule has 0 heterocycles. The molecule has 0 aliphatic heterocycles. The Balaban J connectivity index is 3.71. The molecular formula is C12H23NO3S. The molecule has 100 valence electrons. The van der Waals surface area contributed by atoms with E-state index < -0.39 is 15.9 Å². The Morgan fingerprint density at radius 1 is 1.35 bits per heavy atom. The van der Waals surface area contributed by atoms with Crippen molar-refractivity contribution >= 4 is 15.6 Å². The summed E-state index contributed by atoms with van der Waals surface area (Å²) in [5, 5.41) is 0. The lowest BCUT2D eigenvalue weighted by molar-refractivity contribution is -0.120. The van der Waals surface area contributed by atoms with Crippen LogP contribution in [0.25, 0.3) is 0 Å². The van der Waals surface area contributed by atoms with Crippen LogP contribution in [0, 0.1) is 0 Å². The standard InChI is InChI=1S/C12H23NO3S/c1-3-4-5-6-7-8-12(14)11(13)9-10-17(2,15)16/h3,11H,1,4-10,13H2,2H3. The molecule has 1 atom stereocenters. The van der Waals surface area contributed by atoms with Gasteiger partial charge in [0.2, 0.25) is 0 Å². The molecule has 1 unspecified atom stereocenters. The molecule has 0 aliphatic carbocycles. The predicted octanol–water partition coefficient (Wildman–Crippen LogP) is 1.45. The zero-order chi connectivity index (χ0) is 13.3. The largest absolute Gasteiger partial charge is 0.321 e. The summed E-state index contributed by atoms with van der Waals surface area (Å²) < 4.78 is 21.8. The summed E-state index contributed by atoms with van der Waals surface area (Å²) in [7, 11) is -3.03. The summed E-state index contributed by atoms with van der Waals surface area (Å²) in [4.78, 5) is 11.6. The van der Waals surface area contributed by atoms with Crippen molar-refractivity contribution in [2.45, 2.75) is 44.6 Å². The molecule has 0 spiro atoms. The molecule has 0 saturated carbocycles. The van der Waals surface area contributed by atoms with Crippen LogP contribution >= 0.6 is 0 Å². The van der Waals surface area contributed by atoms with E-state index in [1.165, 1.54) is 0 Å². The third kappa shape index (κ3) is 10.2. The number of sulfone groups is 1. The van der Waals surface area contributed by atoms with Crippen molar-refractivity contribution in [2.75, 3.05) is 12.0 Å². The van der Waals surface area contributed by atoms with Gasteiger partial charge in [-0.3, -0.25) is 4.79 Å². The van der Waals surface area contributed by atoms with E-state index in [0.29, 0.717) is 6.42 Å². The number of rotatable bonds is 10. The molecule has 0 aliphatic rings. The molecule has 5 heteroatoms. The van der Waals surface area contributed by atoms with Crippen LogP contribution < -0.4 is 5.73 Å². The Hall–Kier alpha value is -0.680. The first-order valence-electron chi connectivity index (χ1n) is 5.93. The molecule has 17 heavy (non-hydrogen) atoms. The van der Waals surface area contributed by atoms with Crippen LogP contribution in [0.4, 0.5) is 0 Å². The van der Waals surface area contributed by atoms with E-state index >= 15 is 0 Å². The first-order chi connectivity index (χ1) is 7.87. The average Bonchev–Trinajstić information content (AvgIpc) is 2.24. The lowest BCUT2D eigenvalue weighted by Gasteiger charge is -2.09. The predicted molar refractivity (Wildman–Crippen MR) is 70.6 cm³/mol. The number of unbranched alkanes of at least 4 members (excludes halogenated alkanes) is 3. The summed E-state index contributed by atoms with van der Waals surface area (Å²) in [5.74, 6) is -0.0524. The number of ketones is 1. The summed E-state index contributed by atoms with van der Waals surface area (Å²) in [6.07, 6.45) is 7.49. The maximum absolute atomic E-state index is 11.6. The van der Waals surface area contributed by atoms with Crippen LogP contribution in [0.2, 0.25) is 0 Å². The third-order valence-corrected chi connectivity index (χ3v) is 3.52. The second-order valence-corrected chi connectivity index (χ2v) is 6.64. The van der Waals surface area contributed by atoms with E-state index in [2.05, 4.69) is 6.58 Å². The Kier molecular flexibility index (Phi) is 8.08. The number of nitrogens with two attached hydrogens (primary N) is 1. The van der Waals surface area contributed by atoms with Gasteiger partial charge in [-0.15, -0.1) is 6.58 Å². The van der Waals surface area contributed by atoms with Crippen LogP contribution in [0.1, 0.15) is 38.5 Å². The first-order valence-corrected chi connectivity index (χ1v) is 8.00. The highest BCUT2D eigenvalue weighted by Crippen LogP contribution is 2.06. The second-order valence-electron chi connectivity index (χ2n) is 4.38. The van der Waals surface area contributed by atoms with E-state index in [0.717, 1.165) is 31.9 Å². The van der Waals surface area contributed by atoms with Gasteiger partial charge < -0.3 is 5.73 Å². The van der Waals surface area contributed by atoms with Crippen molar-refractivity contribution in [1.29, 1.82) is 0 Å². The van der Waals surface area contributed by atoms with Crippen LogP contribution in [-0.4, -0.2) is 32.3 Å². The van der Waals surface area contributed by atoms with Gasteiger partial charge in [0.1, 0.15) is 15.6 Å². The van der Waals surface area contributed by atoms with Gasteiger partial charge in [-0.1, -0.05) is 12.5 Å². The lowest BCUT2D eigenvalue weighted by atomic mass is 10.0. The van der Waals surface area contributed by atoms with E-state index in [9.17, 15) is 13.2 Å². The molecule has 0 rings (SSSR count). The van der Waals surface area contributed by atoms with E-state index in [1.807, 2.05) is 6.08 Å². The molecule has 2 N–H and O–H groups in total. The first kappa shape index (κ1) is 16.3. The molecule has 0 saturated heterocycles. The third-order valence-electron chi connectivity index (χ3n) is 2.54. The fraction of sp³-hybridized carbons (Fsp3) is 0.750. The molecular weight excluding hydrogens is 238 g/mol. The average molecular weight is 261 g/mol. The quantitative estimate of drug-likeness (QED) is 0.477. The van der Waals surface area contributed by atoms with Crippen LogP contribution in [0.15, 0.2) is 12.7 Å². The number of Topliss-reactive ketones (excluding diaryl/α,β-unsaturated/α-hetero) is 1. The van der Waals surface area contributed by atoms with Crippen molar-refractivity contribution < 1.29 is 13.2 Å². The summed E-state index contributed by atoms with van der Waals surface area (Å²) in [6.45, 7) is 3.63. The lowest BCUT2D eigenvalue weighted by Crippen LogP contribution is -2.32. The van der Waals surface area contributed by atoms with Gasteiger partial charge in [0.15, 0.2) is 0 Å². The fourth-order valence-electron chi connectivity index (χ4n) is 1.45. The van der Waals surface area contributed by atoms with Crippen LogP contribution in [0.5, 0.6) is 0 Å². The minimum atomic E-state index is -3.03. The zero-order valence-electron chi connectivity index (χ0n) is 10.5. The van der Waals surface area contributed by atoms with Crippen molar-refractivity contribution in [3.63, 3.8) is 0 Å². The zero-order valence-corrected chi connectivity index (χ0v) is 11.3. The summed E-state index contributed by atoms with van der Waals surface area (Å²) in [5.41, 5.74) is 5.64. The number of carbonyl (C=O) groups excluding carboxylic acids is 1. The highest BCUT2D eigenvalue weighted by atomic mass is 32.2. The number of hydrogen-bond donors (Lipinski definition) is 1. The molecule has 0 radical (unpaired) electrons. The van der Waals surface area contributed by atoms with Gasteiger partial charge in [0.25, 0.3) is 0 Å². The monoisotopic (exact) mass is 261 g/mol. The van der Waals surface area contributed by atoms with Gasteiger partial charge in [0, 0.05) is 12.7 Å². The van der Waals surface area contributed by atoms with Crippen molar-refractivity contribution in [1.82, 2.24) is 0 Å². The molecule has 0 amide bonds. The maximum atomic E-state index is 11.6. The van der Waals surface area contributed by atoms with Gasteiger partial charge >= 0.3 is 0 Å². The highest BCUT2D eigenvalue weighted by Gasteiger charge is 2.15. The molecule has 0 bridgehead atoms. The number of hydrogen-bond acceptors (Lipinski definition) is 4. The van der Waals surface area contributed by atoms with Gasteiger partial charge in [-0.05, 0) is 25.7 Å². The van der Waals surface area contributed by atoms with Gasteiger partial charge in [0.05, 0.1) is 11.8 Å². The topological polar surface area (TPSA) is 77.2 Å². The molecule has 0 fully saturated rings. The molecule has 4 nitrogen and oxygen atoms in total. The Bertz CT molecular complexity index is 336.